The number of hydrogen-bond donors (Lipinski definition) is 1. The van der Waals surface area contributed by atoms with E-state index in [0.717, 1.165) is 6.08 Å². The maximum absolute atomic E-state index is 12.9. The fourth-order valence-electron chi connectivity index (χ4n) is 2.76. The van der Waals surface area contributed by atoms with E-state index in [9.17, 15) is 31.1 Å². The number of rotatable bonds is 3. The molecule has 1 fully saturated rings. The van der Waals surface area contributed by atoms with Gasteiger partial charge in [0.1, 0.15) is 0 Å². The number of carbonyl (C=O) groups excluding carboxylic acids is 1. The predicted molar refractivity (Wildman–Crippen MR) is 79.9 cm³/mol. The average molecular weight is 366 g/mol. The molecule has 1 N–H and O–H groups in total. The zero-order valence-corrected chi connectivity index (χ0v) is 13.3. The first-order chi connectivity index (χ1) is 11.3. The number of nitrogens with zero attached hydrogens (tertiary/aromatic N) is 1. The third-order valence-corrected chi connectivity index (χ3v) is 3.99. The normalized spacial score (nSPS) is 21.3. The van der Waals surface area contributed by atoms with Gasteiger partial charge in [0.05, 0.1) is 16.7 Å². The number of halogens is 6. The zero-order chi connectivity index (χ0) is 19.0. The largest absolute Gasteiger partial charge is 0.416 e. The third kappa shape index (κ3) is 4.46. The van der Waals surface area contributed by atoms with E-state index in [1.165, 1.54) is 4.90 Å². The topological polar surface area (TPSA) is 32.3 Å². The number of nitrogens with one attached hydrogen (secondary N) is 1. The van der Waals surface area contributed by atoms with Gasteiger partial charge in [0.25, 0.3) is 0 Å². The SMILES string of the molecule is C=CC(=O)N1CCC(C)(Nc2cc(C(F)(F)F)cc(C(F)(F)F)c2)C1. The quantitative estimate of drug-likeness (QED) is 0.639. The molecule has 0 spiro atoms. The first kappa shape index (κ1) is 19.1. The van der Waals surface area contributed by atoms with Crippen LogP contribution in [0.15, 0.2) is 30.9 Å². The Morgan fingerprint density at radius 2 is 1.68 bits per heavy atom. The van der Waals surface area contributed by atoms with Gasteiger partial charge < -0.3 is 10.2 Å². The summed E-state index contributed by atoms with van der Waals surface area (Å²) in [6.07, 6.45) is -8.32. The van der Waals surface area contributed by atoms with Crippen molar-refractivity contribution in [2.24, 2.45) is 0 Å². The summed E-state index contributed by atoms with van der Waals surface area (Å²) in [5.41, 5.74) is -3.90. The maximum atomic E-state index is 12.9. The molecule has 25 heavy (non-hydrogen) atoms. The Morgan fingerprint density at radius 1 is 1.16 bits per heavy atom. The lowest BCUT2D eigenvalue weighted by molar-refractivity contribution is -0.143. The summed E-state index contributed by atoms with van der Waals surface area (Å²) >= 11 is 0. The van der Waals surface area contributed by atoms with Crippen LogP contribution in [0.2, 0.25) is 0 Å². The van der Waals surface area contributed by atoms with Crippen molar-refractivity contribution in [3.63, 3.8) is 0 Å². The van der Waals surface area contributed by atoms with Crippen LogP contribution in [0, 0.1) is 0 Å². The summed E-state index contributed by atoms with van der Waals surface area (Å²) in [6, 6.07) is 1.35. The molecular formula is C16H16F6N2O. The van der Waals surface area contributed by atoms with Crippen molar-refractivity contribution in [3.05, 3.63) is 42.0 Å². The number of alkyl halides is 6. The van der Waals surface area contributed by atoms with Crippen molar-refractivity contribution in [2.75, 3.05) is 18.4 Å². The highest BCUT2D eigenvalue weighted by Gasteiger charge is 2.39. The standard InChI is InChI=1S/C16H16F6N2O/c1-3-13(25)24-5-4-14(2,9-24)23-12-7-10(15(17,18)19)6-11(8-12)16(20,21)22/h3,6-8,23H,1,4-5,9H2,2H3. The molecule has 0 aromatic heterocycles. The molecule has 1 aromatic carbocycles. The summed E-state index contributed by atoms with van der Waals surface area (Å²) in [6.45, 7) is 5.47. The lowest BCUT2D eigenvalue weighted by atomic mass is 10.00. The van der Waals surface area contributed by atoms with Crippen molar-refractivity contribution >= 4 is 11.6 Å². The molecule has 0 aliphatic carbocycles. The molecule has 1 amide bonds. The van der Waals surface area contributed by atoms with Gasteiger partial charge in [-0.3, -0.25) is 4.79 Å². The number of hydrogen-bond acceptors (Lipinski definition) is 2. The fraction of sp³-hybridized carbons (Fsp3) is 0.438. The van der Waals surface area contributed by atoms with E-state index in [-0.39, 0.29) is 24.2 Å². The molecular weight excluding hydrogens is 350 g/mol. The predicted octanol–water partition coefficient (Wildman–Crippen LogP) is 4.31. The molecule has 1 aromatic rings. The van der Waals surface area contributed by atoms with Crippen LogP contribution in [-0.4, -0.2) is 29.4 Å². The van der Waals surface area contributed by atoms with Crippen molar-refractivity contribution in [3.8, 4) is 0 Å². The highest BCUT2D eigenvalue weighted by molar-refractivity contribution is 5.87. The van der Waals surface area contributed by atoms with E-state index >= 15 is 0 Å². The summed E-state index contributed by atoms with van der Waals surface area (Å²) < 4.78 is 77.4. The van der Waals surface area contributed by atoms with Gasteiger partial charge in [-0.25, -0.2) is 0 Å². The van der Waals surface area contributed by atoms with Crippen LogP contribution < -0.4 is 5.32 Å². The Kier molecular flexibility index (Phi) is 4.80. The lowest BCUT2D eigenvalue weighted by Gasteiger charge is -2.28. The van der Waals surface area contributed by atoms with E-state index in [2.05, 4.69) is 11.9 Å². The second kappa shape index (κ2) is 6.27. The molecule has 1 aliphatic rings. The monoisotopic (exact) mass is 366 g/mol. The molecule has 0 saturated carbocycles. The van der Waals surface area contributed by atoms with Gasteiger partial charge in [0.15, 0.2) is 0 Å². The minimum atomic E-state index is -4.90. The molecule has 1 atom stereocenters. The van der Waals surface area contributed by atoms with Crippen LogP contribution in [0.5, 0.6) is 0 Å². The molecule has 2 rings (SSSR count). The van der Waals surface area contributed by atoms with E-state index in [0.29, 0.717) is 25.1 Å². The Balaban J connectivity index is 2.33. The summed E-state index contributed by atoms with van der Waals surface area (Å²) in [5, 5.41) is 2.72. The van der Waals surface area contributed by atoms with Crippen molar-refractivity contribution < 1.29 is 31.1 Å². The fourth-order valence-corrected chi connectivity index (χ4v) is 2.76. The Hall–Kier alpha value is -2.19. The second-order valence-corrected chi connectivity index (χ2v) is 6.19. The third-order valence-electron chi connectivity index (χ3n) is 3.99. The van der Waals surface area contributed by atoms with Crippen molar-refractivity contribution in [1.82, 2.24) is 4.90 Å². The molecule has 1 heterocycles. The van der Waals surface area contributed by atoms with Gasteiger partial charge in [0, 0.05) is 18.8 Å². The highest BCUT2D eigenvalue weighted by atomic mass is 19.4. The first-order valence-electron chi connectivity index (χ1n) is 7.33. The molecule has 0 bridgehead atoms. The molecule has 9 heteroatoms. The van der Waals surface area contributed by atoms with Crippen LogP contribution in [-0.2, 0) is 17.1 Å². The highest BCUT2D eigenvalue weighted by Crippen LogP contribution is 2.38. The van der Waals surface area contributed by atoms with Crippen LogP contribution in [0.25, 0.3) is 0 Å². The van der Waals surface area contributed by atoms with Crippen LogP contribution in [0.3, 0.4) is 0 Å². The molecule has 1 aliphatic heterocycles. The Bertz CT molecular complexity index is 650. The van der Waals surface area contributed by atoms with Gasteiger partial charge in [-0.05, 0) is 37.6 Å². The number of benzene rings is 1. The van der Waals surface area contributed by atoms with Crippen LogP contribution in [0.4, 0.5) is 32.0 Å². The molecule has 138 valence electrons. The number of carbonyl (C=O) groups is 1. The van der Waals surface area contributed by atoms with E-state index < -0.39 is 29.0 Å². The van der Waals surface area contributed by atoms with Gasteiger partial charge in [-0.1, -0.05) is 6.58 Å². The Labute approximate surface area is 140 Å². The lowest BCUT2D eigenvalue weighted by Crippen LogP contribution is -2.39. The minimum Gasteiger partial charge on any atom is -0.378 e. The zero-order valence-electron chi connectivity index (χ0n) is 13.3. The molecule has 1 saturated heterocycles. The molecule has 1 unspecified atom stereocenters. The van der Waals surface area contributed by atoms with E-state index in [1.54, 1.807) is 6.92 Å². The van der Waals surface area contributed by atoms with Gasteiger partial charge in [-0.2, -0.15) is 26.3 Å². The maximum Gasteiger partial charge on any atom is 0.416 e. The number of amides is 1. The molecule has 3 nitrogen and oxygen atoms in total. The van der Waals surface area contributed by atoms with Crippen LogP contribution in [0.1, 0.15) is 24.5 Å². The smallest absolute Gasteiger partial charge is 0.378 e. The van der Waals surface area contributed by atoms with E-state index in [4.69, 9.17) is 0 Å². The van der Waals surface area contributed by atoms with Gasteiger partial charge in [0.2, 0.25) is 5.91 Å². The first-order valence-corrected chi connectivity index (χ1v) is 7.33. The van der Waals surface area contributed by atoms with Gasteiger partial charge in [-0.15, -0.1) is 0 Å². The average Bonchev–Trinajstić information content (AvgIpc) is 2.86. The molecule has 0 radical (unpaired) electrons. The summed E-state index contributed by atoms with van der Waals surface area (Å²) in [4.78, 5) is 13.0. The Morgan fingerprint density at radius 3 is 2.12 bits per heavy atom. The van der Waals surface area contributed by atoms with Crippen LogP contribution >= 0.6 is 0 Å². The van der Waals surface area contributed by atoms with Gasteiger partial charge >= 0.3 is 12.4 Å². The number of likely N-dealkylation sites (tertiary alicyclic amines) is 1. The van der Waals surface area contributed by atoms with Crippen molar-refractivity contribution in [1.29, 1.82) is 0 Å². The van der Waals surface area contributed by atoms with E-state index in [1.807, 2.05) is 0 Å². The number of anilines is 1. The second-order valence-electron chi connectivity index (χ2n) is 6.19. The minimum absolute atomic E-state index is 0.0791. The summed E-state index contributed by atoms with van der Waals surface area (Å²) in [5.74, 6) is -0.342. The summed E-state index contributed by atoms with van der Waals surface area (Å²) in [7, 11) is 0. The van der Waals surface area contributed by atoms with Crippen molar-refractivity contribution in [2.45, 2.75) is 31.2 Å².